The van der Waals surface area contributed by atoms with E-state index in [1.807, 2.05) is 4.90 Å². The summed E-state index contributed by atoms with van der Waals surface area (Å²) in [7, 11) is 0. The fraction of sp³-hybridized carbons (Fsp3) is 0.913. The summed E-state index contributed by atoms with van der Waals surface area (Å²) in [5.74, 6) is 1.32. The van der Waals surface area contributed by atoms with Crippen LogP contribution in [0, 0.1) is 29.6 Å². The van der Waals surface area contributed by atoms with Crippen molar-refractivity contribution in [1.29, 1.82) is 0 Å². The molecule has 0 aliphatic carbocycles. The quantitative estimate of drug-likeness (QED) is 0.596. The van der Waals surface area contributed by atoms with Crippen LogP contribution in [0.4, 0.5) is 0 Å². The third kappa shape index (κ3) is 7.06. The molecule has 2 rings (SSSR count). The zero-order valence-corrected chi connectivity index (χ0v) is 18.4. The number of carbonyl (C=O) groups excluding carboxylic acids is 2. The summed E-state index contributed by atoms with van der Waals surface area (Å²) in [5, 5.41) is 3.44. The molecule has 2 aliphatic rings. The molecule has 2 atom stereocenters. The van der Waals surface area contributed by atoms with Gasteiger partial charge in [0.25, 0.3) is 0 Å². The first kappa shape index (κ1) is 23.2. The van der Waals surface area contributed by atoms with E-state index >= 15 is 0 Å². The molecule has 2 amide bonds. The molecule has 0 bridgehead atoms. The minimum Gasteiger partial charge on any atom is -0.369 e. The van der Waals surface area contributed by atoms with Crippen LogP contribution in [-0.4, -0.2) is 42.9 Å². The SMILES string of the molecule is CCC[C@H](C(N)=O)[C@@H](CC(C)C)C(=O)N1CCC(CCC2CCNCC2)CC1. The van der Waals surface area contributed by atoms with Crippen LogP contribution in [0.5, 0.6) is 0 Å². The summed E-state index contributed by atoms with van der Waals surface area (Å²) in [5.41, 5.74) is 5.69. The van der Waals surface area contributed by atoms with Crippen LogP contribution in [0.15, 0.2) is 0 Å². The number of hydrogen-bond acceptors (Lipinski definition) is 3. The Balaban J connectivity index is 1.86. The van der Waals surface area contributed by atoms with E-state index in [2.05, 4.69) is 26.1 Å². The predicted molar refractivity (Wildman–Crippen MR) is 115 cm³/mol. The van der Waals surface area contributed by atoms with Crippen molar-refractivity contribution in [3.8, 4) is 0 Å². The molecule has 0 aromatic carbocycles. The molecule has 0 radical (unpaired) electrons. The summed E-state index contributed by atoms with van der Waals surface area (Å²) < 4.78 is 0. The molecule has 3 N–H and O–H groups in total. The molecular weight excluding hydrogens is 350 g/mol. The molecule has 2 saturated heterocycles. The van der Waals surface area contributed by atoms with Crippen molar-refractivity contribution in [3.05, 3.63) is 0 Å². The van der Waals surface area contributed by atoms with Crippen molar-refractivity contribution < 1.29 is 9.59 Å². The fourth-order valence-electron chi connectivity index (χ4n) is 5.12. The summed E-state index contributed by atoms with van der Waals surface area (Å²) in [6.07, 6.45) is 9.86. The second kappa shape index (κ2) is 11.8. The maximum atomic E-state index is 13.3. The van der Waals surface area contributed by atoms with Gasteiger partial charge in [0.15, 0.2) is 0 Å². The van der Waals surface area contributed by atoms with Crippen molar-refractivity contribution in [2.75, 3.05) is 26.2 Å². The smallest absolute Gasteiger partial charge is 0.226 e. The Bertz CT molecular complexity index is 480. The van der Waals surface area contributed by atoms with Gasteiger partial charge in [-0.15, -0.1) is 0 Å². The number of piperidine rings is 2. The third-order valence-electron chi connectivity index (χ3n) is 6.86. The van der Waals surface area contributed by atoms with E-state index in [1.54, 1.807) is 0 Å². The van der Waals surface area contributed by atoms with Gasteiger partial charge in [-0.05, 0) is 69.4 Å². The van der Waals surface area contributed by atoms with Crippen molar-refractivity contribution in [3.63, 3.8) is 0 Å². The van der Waals surface area contributed by atoms with Gasteiger partial charge in [-0.25, -0.2) is 0 Å². The molecule has 0 saturated carbocycles. The Kier molecular flexibility index (Phi) is 9.76. The lowest BCUT2D eigenvalue weighted by atomic mass is 9.80. The Morgan fingerprint density at radius 2 is 1.57 bits per heavy atom. The highest BCUT2D eigenvalue weighted by Gasteiger charge is 2.36. The molecule has 0 aromatic heterocycles. The van der Waals surface area contributed by atoms with Crippen LogP contribution < -0.4 is 11.1 Å². The summed E-state index contributed by atoms with van der Waals surface area (Å²) in [6, 6.07) is 0. The van der Waals surface area contributed by atoms with E-state index in [0.717, 1.165) is 50.6 Å². The summed E-state index contributed by atoms with van der Waals surface area (Å²) >= 11 is 0. The second-order valence-corrected chi connectivity index (χ2v) is 9.57. The molecule has 5 heteroatoms. The van der Waals surface area contributed by atoms with E-state index < -0.39 is 0 Å². The molecule has 0 aromatic rings. The monoisotopic (exact) mass is 393 g/mol. The number of carbonyl (C=O) groups is 2. The first-order valence-corrected chi connectivity index (χ1v) is 11.7. The van der Waals surface area contributed by atoms with Crippen LogP contribution in [-0.2, 0) is 9.59 Å². The Morgan fingerprint density at radius 1 is 1.00 bits per heavy atom. The van der Waals surface area contributed by atoms with Gasteiger partial charge < -0.3 is 16.0 Å². The molecule has 2 fully saturated rings. The van der Waals surface area contributed by atoms with Crippen LogP contribution >= 0.6 is 0 Å². The molecule has 2 aliphatic heterocycles. The lowest BCUT2D eigenvalue weighted by Crippen LogP contribution is -2.46. The standard InChI is InChI=1S/C23H43N3O2/c1-4-5-20(22(24)27)21(16-17(2)3)23(28)26-14-10-19(11-15-26)7-6-18-8-12-25-13-9-18/h17-21,25H,4-16H2,1-3H3,(H2,24,27)/t20-,21+/m0/s1. The molecule has 0 spiro atoms. The van der Waals surface area contributed by atoms with E-state index in [0.29, 0.717) is 12.3 Å². The number of primary amides is 1. The van der Waals surface area contributed by atoms with Crippen LogP contribution in [0.2, 0.25) is 0 Å². The van der Waals surface area contributed by atoms with Crippen LogP contribution in [0.25, 0.3) is 0 Å². The van der Waals surface area contributed by atoms with Crippen molar-refractivity contribution >= 4 is 11.8 Å². The Labute approximate surface area is 172 Å². The highest BCUT2D eigenvalue weighted by molar-refractivity contribution is 5.87. The van der Waals surface area contributed by atoms with Crippen LogP contribution in [0.1, 0.15) is 78.6 Å². The van der Waals surface area contributed by atoms with Gasteiger partial charge in [-0.2, -0.15) is 0 Å². The normalized spacial score (nSPS) is 21.6. The highest BCUT2D eigenvalue weighted by atomic mass is 16.2. The third-order valence-corrected chi connectivity index (χ3v) is 6.86. The second-order valence-electron chi connectivity index (χ2n) is 9.57. The Morgan fingerprint density at radius 3 is 2.07 bits per heavy atom. The number of nitrogens with two attached hydrogens (primary N) is 1. The van der Waals surface area contributed by atoms with Crippen LogP contribution in [0.3, 0.4) is 0 Å². The average Bonchev–Trinajstić information content (AvgIpc) is 2.69. The van der Waals surface area contributed by atoms with Crippen molar-refractivity contribution in [2.45, 2.75) is 78.6 Å². The zero-order valence-electron chi connectivity index (χ0n) is 18.4. The van der Waals surface area contributed by atoms with Gasteiger partial charge in [0, 0.05) is 24.9 Å². The molecule has 162 valence electrons. The number of likely N-dealkylation sites (tertiary alicyclic amines) is 1. The first-order valence-electron chi connectivity index (χ1n) is 11.7. The molecule has 0 unspecified atom stereocenters. The minimum absolute atomic E-state index is 0.169. The number of amides is 2. The highest BCUT2D eigenvalue weighted by Crippen LogP contribution is 2.31. The van der Waals surface area contributed by atoms with Crippen molar-refractivity contribution in [2.24, 2.45) is 35.3 Å². The van der Waals surface area contributed by atoms with Gasteiger partial charge in [0.1, 0.15) is 0 Å². The van der Waals surface area contributed by atoms with Gasteiger partial charge in [0.05, 0.1) is 0 Å². The lowest BCUT2D eigenvalue weighted by molar-refractivity contribution is -0.143. The lowest BCUT2D eigenvalue weighted by Gasteiger charge is -2.37. The van der Waals surface area contributed by atoms with E-state index in [1.165, 1.54) is 38.8 Å². The van der Waals surface area contributed by atoms with Gasteiger partial charge >= 0.3 is 0 Å². The summed E-state index contributed by atoms with van der Waals surface area (Å²) in [4.78, 5) is 27.3. The fourth-order valence-corrected chi connectivity index (χ4v) is 5.12. The summed E-state index contributed by atoms with van der Waals surface area (Å²) in [6.45, 7) is 10.3. The maximum Gasteiger partial charge on any atom is 0.226 e. The van der Waals surface area contributed by atoms with Gasteiger partial charge in [-0.3, -0.25) is 9.59 Å². The van der Waals surface area contributed by atoms with Gasteiger partial charge in [-0.1, -0.05) is 40.0 Å². The molecule has 2 heterocycles. The minimum atomic E-state index is -0.322. The topological polar surface area (TPSA) is 75.4 Å². The number of nitrogens with one attached hydrogen (secondary N) is 1. The predicted octanol–water partition coefficient (Wildman–Crippen LogP) is 3.57. The first-order chi connectivity index (χ1) is 13.4. The maximum absolute atomic E-state index is 13.3. The largest absolute Gasteiger partial charge is 0.369 e. The number of nitrogens with zero attached hydrogens (tertiary/aromatic N) is 1. The van der Waals surface area contributed by atoms with E-state index in [-0.39, 0.29) is 23.7 Å². The van der Waals surface area contributed by atoms with Crippen molar-refractivity contribution in [1.82, 2.24) is 10.2 Å². The molecule has 28 heavy (non-hydrogen) atoms. The molecular formula is C23H43N3O2. The zero-order chi connectivity index (χ0) is 20.5. The van der Waals surface area contributed by atoms with E-state index in [9.17, 15) is 9.59 Å². The number of rotatable bonds is 10. The molecule has 5 nitrogen and oxygen atoms in total. The van der Waals surface area contributed by atoms with E-state index in [4.69, 9.17) is 5.73 Å². The number of hydrogen-bond donors (Lipinski definition) is 2. The van der Waals surface area contributed by atoms with Gasteiger partial charge in [0.2, 0.25) is 11.8 Å². The Hall–Kier alpha value is -1.10. The average molecular weight is 394 g/mol.